The number of halogens is 2. The molecule has 230 valence electrons. The summed E-state index contributed by atoms with van der Waals surface area (Å²) in [5, 5.41) is 15.7. The SMILES string of the molecule is C=CC(=O)N1CC(NC(=O)c2c(Cl)nc(CNc3n[nH]c4cc(Cl)c(C(C)(C)C)cc34)n2[C@@H]2CCN(c3ccccn3)C2)C1. The van der Waals surface area contributed by atoms with Crippen LogP contribution in [-0.2, 0) is 16.8 Å². The number of aromatic nitrogens is 5. The molecule has 0 saturated carbocycles. The first kappa shape index (κ1) is 30.0. The Hall–Kier alpha value is -4.09. The first-order valence-corrected chi connectivity index (χ1v) is 15.4. The highest BCUT2D eigenvalue weighted by Crippen LogP contribution is 2.35. The van der Waals surface area contributed by atoms with E-state index in [0.717, 1.165) is 35.2 Å². The second-order valence-corrected chi connectivity index (χ2v) is 13.1. The van der Waals surface area contributed by atoms with Crippen molar-refractivity contribution in [1.29, 1.82) is 0 Å². The van der Waals surface area contributed by atoms with Crippen LogP contribution in [0.25, 0.3) is 10.9 Å². The van der Waals surface area contributed by atoms with E-state index in [-0.39, 0.29) is 41.0 Å². The Morgan fingerprint density at radius 2 is 1.98 bits per heavy atom. The van der Waals surface area contributed by atoms with E-state index < -0.39 is 0 Å². The van der Waals surface area contributed by atoms with Gasteiger partial charge in [0.1, 0.15) is 17.3 Å². The number of likely N-dealkylation sites (tertiary alicyclic amines) is 1. The van der Waals surface area contributed by atoms with Crippen molar-refractivity contribution in [2.45, 2.75) is 51.2 Å². The van der Waals surface area contributed by atoms with Gasteiger partial charge in [-0.1, -0.05) is 56.6 Å². The summed E-state index contributed by atoms with van der Waals surface area (Å²) in [4.78, 5) is 38.6. The number of rotatable bonds is 8. The highest BCUT2D eigenvalue weighted by molar-refractivity contribution is 6.32. The summed E-state index contributed by atoms with van der Waals surface area (Å²) < 4.78 is 1.95. The van der Waals surface area contributed by atoms with Gasteiger partial charge in [-0.3, -0.25) is 14.7 Å². The number of hydrogen-bond donors (Lipinski definition) is 3. The number of anilines is 2. The van der Waals surface area contributed by atoms with Gasteiger partial charge in [-0.15, -0.1) is 0 Å². The van der Waals surface area contributed by atoms with Crippen LogP contribution >= 0.6 is 23.2 Å². The van der Waals surface area contributed by atoms with Gasteiger partial charge in [-0.25, -0.2) is 9.97 Å². The molecule has 0 bridgehead atoms. The average molecular weight is 637 g/mol. The Bertz CT molecular complexity index is 1720. The maximum absolute atomic E-state index is 13.7. The maximum atomic E-state index is 13.7. The largest absolute Gasteiger partial charge is 0.361 e. The molecule has 0 spiro atoms. The zero-order valence-electron chi connectivity index (χ0n) is 24.9. The molecule has 0 radical (unpaired) electrons. The fourth-order valence-corrected chi connectivity index (χ4v) is 6.64. The van der Waals surface area contributed by atoms with Crippen LogP contribution in [0.4, 0.5) is 11.6 Å². The molecule has 5 heterocycles. The highest BCUT2D eigenvalue weighted by atomic mass is 35.5. The van der Waals surface area contributed by atoms with E-state index in [0.29, 0.717) is 42.0 Å². The monoisotopic (exact) mass is 635 g/mol. The standard InChI is InChI=1S/C31H35Cl2N9O2/c1-5-26(43)41-15-18(16-41)36-30(44)27-28(33)37-25(42(27)19-9-11-40(17-19)24-8-6-7-10-34-24)14-35-29-20-12-21(31(2,3)4)22(32)13-23(20)38-39-29/h5-8,10,12-13,18-19H,1,9,11,14-17H2,2-4H3,(H,36,44)(H2,35,38,39)/t19-/m1/s1. The lowest BCUT2D eigenvalue weighted by Crippen LogP contribution is -2.60. The van der Waals surface area contributed by atoms with Gasteiger partial charge in [0, 0.05) is 42.8 Å². The first-order chi connectivity index (χ1) is 21.0. The molecule has 0 aliphatic carbocycles. The molecule has 2 aliphatic rings. The molecule has 1 aromatic carbocycles. The summed E-state index contributed by atoms with van der Waals surface area (Å²) in [5.74, 6) is 1.67. The number of aromatic amines is 1. The lowest BCUT2D eigenvalue weighted by molar-refractivity contribution is -0.130. The summed E-state index contributed by atoms with van der Waals surface area (Å²) >= 11 is 13.3. The van der Waals surface area contributed by atoms with Crippen LogP contribution in [-0.4, -0.2) is 73.7 Å². The maximum Gasteiger partial charge on any atom is 0.271 e. The van der Waals surface area contributed by atoms with E-state index in [1.807, 2.05) is 28.8 Å². The Morgan fingerprint density at radius 3 is 2.68 bits per heavy atom. The highest BCUT2D eigenvalue weighted by Gasteiger charge is 2.35. The van der Waals surface area contributed by atoms with E-state index in [1.54, 1.807) is 11.1 Å². The molecule has 3 N–H and O–H groups in total. The van der Waals surface area contributed by atoms with Crippen molar-refractivity contribution in [3.8, 4) is 0 Å². The minimum Gasteiger partial charge on any atom is -0.361 e. The van der Waals surface area contributed by atoms with Crippen molar-refractivity contribution in [2.75, 3.05) is 36.4 Å². The summed E-state index contributed by atoms with van der Waals surface area (Å²) in [6, 6.07) is 9.53. The van der Waals surface area contributed by atoms with Gasteiger partial charge in [0.05, 0.1) is 24.1 Å². The van der Waals surface area contributed by atoms with Crippen molar-refractivity contribution < 1.29 is 9.59 Å². The Morgan fingerprint density at radius 1 is 1.18 bits per heavy atom. The summed E-state index contributed by atoms with van der Waals surface area (Å²) in [7, 11) is 0. The van der Waals surface area contributed by atoms with Crippen molar-refractivity contribution in [3.05, 3.63) is 76.4 Å². The molecule has 4 aromatic rings. The zero-order chi connectivity index (χ0) is 31.2. The Labute approximate surface area is 265 Å². The Kier molecular flexibility index (Phi) is 8.02. The lowest BCUT2D eigenvalue weighted by atomic mass is 9.86. The van der Waals surface area contributed by atoms with Crippen LogP contribution in [0.5, 0.6) is 0 Å². The molecule has 11 nitrogen and oxygen atoms in total. The molecular weight excluding hydrogens is 601 g/mol. The number of fused-ring (bicyclic) bond motifs is 1. The van der Waals surface area contributed by atoms with Gasteiger partial charge in [0.15, 0.2) is 11.0 Å². The fourth-order valence-electron chi connectivity index (χ4n) is 5.91. The second-order valence-electron chi connectivity index (χ2n) is 12.3. The van der Waals surface area contributed by atoms with Crippen LogP contribution in [0, 0.1) is 0 Å². The molecule has 1 atom stereocenters. The number of pyridine rings is 1. The van der Waals surface area contributed by atoms with Crippen LogP contribution in [0.1, 0.15) is 55.1 Å². The number of nitrogens with one attached hydrogen (secondary N) is 3. The topological polar surface area (TPSA) is 124 Å². The molecule has 44 heavy (non-hydrogen) atoms. The minimum absolute atomic E-state index is 0.0722. The smallest absolute Gasteiger partial charge is 0.271 e. The number of carbonyl (C=O) groups is 2. The minimum atomic E-state index is -0.324. The normalized spacial score (nSPS) is 17.2. The Balaban J connectivity index is 1.29. The van der Waals surface area contributed by atoms with Gasteiger partial charge in [0.25, 0.3) is 5.91 Å². The number of imidazole rings is 1. The summed E-state index contributed by atoms with van der Waals surface area (Å²) in [5.41, 5.74) is 1.99. The second kappa shape index (κ2) is 11.8. The zero-order valence-corrected chi connectivity index (χ0v) is 26.4. The van der Waals surface area contributed by atoms with Gasteiger partial charge in [-0.2, -0.15) is 5.10 Å². The van der Waals surface area contributed by atoms with Crippen LogP contribution < -0.4 is 15.5 Å². The van der Waals surface area contributed by atoms with E-state index in [1.165, 1.54) is 6.08 Å². The average Bonchev–Trinajstić information content (AvgIpc) is 3.69. The lowest BCUT2D eigenvalue weighted by Gasteiger charge is -2.39. The van der Waals surface area contributed by atoms with Gasteiger partial charge >= 0.3 is 0 Å². The number of carbonyl (C=O) groups excluding carboxylic acids is 2. The van der Waals surface area contributed by atoms with Crippen molar-refractivity contribution >= 4 is 57.6 Å². The van der Waals surface area contributed by atoms with Crippen molar-refractivity contribution in [3.63, 3.8) is 0 Å². The third-order valence-corrected chi connectivity index (χ3v) is 8.81. The number of nitrogens with zero attached hydrogens (tertiary/aromatic N) is 6. The predicted molar refractivity (Wildman–Crippen MR) is 173 cm³/mol. The number of benzene rings is 1. The molecule has 13 heteroatoms. The van der Waals surface area contributed by atoms with Crippen molar-refractivity contribution in [2.24, 2.45) is 0 Å². The molecule has 0 unspecified atom stereocenters. The van der Waals surface area contributed by atoms with Gasteiger partial charge in [0.2, 0.25) is 5.91 Å². The predicted octanol–water partition coefficient (Wildman–Crippen LogP) is 4.95. The van der Waals surface area contributed by atoms with Gasteiger partial charge < -0.3 is 25.0 Å². The molecular formula is C31H35Cl2N9O2. The fraction of sp³-hybridized carbons (Fsp3) is 0.387. The summed E-state index contributed by atoms with van der Waals surface area (Å²) in [6.45, 7) is 12.4. The molecule has 2 saturated heterocycles. The van der Waals surface area contributed by atoms with Crippen molar-refractivity contribution in [1.82, 2.24) is 34.9 Å². The van der Waals surface area contributed by atoms with E-state index in [4.69, 9.17) is 23.2 Å². The molecule has 2 aliphatic heterocycles. The van der Waals surface area contributed by atoms with Gasteiger partial charge in [-0.05, 0) is 47.7 Å². The molecule has 2 amide bonds. The van der Waals surface area contributed by atoms with E-state index >= 15 is 0 Å². The summed E-state index contributed by atoms with van der Waals surface area (Å²) in [6.07, 6.45) is 3.83. The van der Waals surface area contributed by atoms with Crippen LogP contribution in [0.2, 0.25) is 10.2 Å². The molecule has 6 rings (SSSR count). The quantitative estimate of drug-likeness (QED) is 0.234. The number of H-pyrrole nitrogens is 1. The van der Waals surface area contributed by atoms with E-state index in [9.17, 15) is 9.59 Å². The third kappa shape index (κ3) is 5.73. The molecule has 2 fully saturated rings. The van der Waals surface area contributed by atoms with Crippen LogP contribution in [0.3, 0.4) is 0 Å². The number of hydrogen-bond acceptors (Lipinski definition) is 7. The third-order valence-electron chi connectivity index (χ3n) is 8.23. The molecule has 3 aromatic heterocycles. The first-order valence-electron chi connectivity index (χ1n) is 14.6. The van der Waals surface area contributed by atoms with E-state index in [2.05, 4.69) is 69.1 Å². The number of amides is 2. The van der Waals surface area contributed by atoms with Crippen LogP contribution in [0.15, 0.2) is 49.2 Å².